The minimum atomic E-state index is -0.838. The first kappa shape index (κ1) is 10.9. The fraction of sp³-hybridized carbons (Fsp3) is 0.600. The first-order valence-electron chi connectivity index (χ1n) is 4.52. The Hall–Kier alpha value is -0.140. The minimum Gasteiger partial charge on any atom is -0.508 e. The SMILES string of the molecule is CCC1=CC(O)=CC(CC)C1(Cl)Cl. The maximum atomic E-state index is 9.41. The molecule has 1 aliphatic carbocycles. The third-order valence-electron chi connectivity index (χ3n) is 2.41. The van der Waals surface area contributed by atoms with E-state index in [1.54, 1.807) is 12.2 Å². The average Bonchev–Trinajstić information content (AvgIpc) is 2.08. The molecule has 0 saturated carbocycles. The third kappa shape index (κ3) is 2.03. The maximum absolute atomic E-state index is 9.41. The summed E-state index contributed by atoms with van der Waals surface area (Å²) < 4.78 is -0.838. The summed E-state index contributed by atoms with van der Waals surface area (Å²) in [5, 5.41) is 9.41. The standard InChI is InChI=1S/C10H14Cl2O/c1-3-7-5-9(13)6-8(4-2)10(7,11)12/h5-7,13H,3-4H2,1-2H3. The highest BCUT2D eigenvalue weighted by molar-refractivity contribution is 6.50. The topological polar surface area (TPSA) is 20.2 Å². The summed E-state index contributed by atoms with van der Waals surface area (Å²) in [5.41, 5.74) is 0.891. The Balaban J connectivity index is 3.02. The molecule has 3 heteroatoms. The lowest BCUT2D eigenvalue weighted by Crippen LogP contribution is -2.29. The molecule has 1 aliphatic rings. The van der Waals surface area contributed by atoms with E-state index in [4.69, 9.17) is 23.2 Å². The average molecular weight is 221 g/mol. The van der Waals surface area contributed by atoms with E-state index in [0.717, 1.165) is 18.4 Å². The summed E-state index contributed by atoms with van der Waals surface area (Å²) in [6, 6.07) is 0. The number of alkyl halides is 2. The quantitative estimate of drug-likeness (QED) is 0.699. The molecule has 0 amide bonds. The second-order valence-electron chi connectivity index (χ2n) is 3.25. The molecule has 0 radical (unpaired) electrons. The van der Waals surface area contributed by atoms with E-state index in [2.05, 4.69) is 0 Å². The van der Waals surface area contributed by atoms with Crippen LogP contribution >= 0.6 is 23.2 Å². The van der Waals surface area contributed by atoms with Gasteiger partial charge in [0, 0.05) is 5.92 Å². The largest absolute Gasteiger partial charge is 0.508 e. The number of hydrogen-bond acceptors (Lipinski definition) is 1. The van der Waals surface area contributed by atoms with E-state index in [9.17, 15) is 5.11 Å². The van der Waals surface area contributed by atoms with Gasteiger partial charge in [0.1, 0.15) is 10.1 Å². The van der Waals surface area contributed by atoms with Gasteiger partial charge < -0.3 is 5.11 Å². The molecule has 1 atom stereocenters. The lowest BCUT2D eigenvalue weighted by atomic mass is 9.89. The predicted octanol–water partition coefficient (Wildman–Crippen LogP) is 3.98. The number of allylic oxidation sites excluding steroid dienone is 3. The van der Waals surface area contributed by atoms with Crippen molar-refractivity contribution in [2.24, 2.45) is 5.92 Å². The summed E-state index contributed by atoms with van der Waals surface area (Å²) in [4.78, 5) is 0. The second-order valence-corrected chi connectivity index (χ2v) is 4.64. The molecule has 1 N–H and O–H groups in total. The summed E-state index contributed by atoms with van der Waals surface area (Å²) in [6.07, 6.45) is 4.97. The fourth-order valence-corrected chi connectivity index (χ4v) is 2.39. The molecule has 0 aromatic rings. The fourth-order valence-electron chi connectivity index (χ4n) is 1.58. The highest BCUT2D eigenvalue weighted by Crippen LogP contribution is 2.44. The zero-order chi connectivity index (χ0) is 10.1. The van der Waals surface area contributed by atoms with E-state index in [1.165, 1.54) is 0 Å². The summed E-state index contributed by atoms with van der Waals surface area (Å²) in [7, 11) is 0. The second kappa shape index (κ2) is 3.93. The van der Waals surface area contributed by atoms with Crippen molar-refractivity contribution in [2.45, 2.75) is 31.0 Å². The monoisotopic (exact) mass is 220 g/mol. The summed E-state index contributed by atoms with van der Waals surface area (Å²) in [5.74, 6) is 0.288. The molecule has 0 fully saturated rings. The number of aliphatic hydroxyl groups excluding tert-OH is 1. The molecule has 13 heavy (non-hydrogen) atoms. The van der Waals surface area contributed by atoms with Crippen molar-refractivity contribution < 1.29 is 5.11 Å². The van der Waals surface area contributed by atoms with E-state index < -0.39 is 4.33 Å². The Morgan fingerprint density at radius 2 is 2.08 bits per heavy atom. The lowest BCUT2D eigenvalue weighted by Gasteiger charge is -2.32. The molecule has 0 bridgehead atoms. The van der Waals surface area contributed by atoms with Gasteiger partial charge in [0.2, 0.25) is 0 Å². The van der Waals surface area contributed by atoms with Crippen LogP contribution in [0, 0.1) is 5.92 Å². The maximum Gasteiger partial charge on any atom is 0.145 e. The van der Waals surface area contributed by atoms with Gasteiger partial charge in [-0.05, 0) is 30.6 Å². The van der Waals surface area contributed by atoms with Crippen LogP contribution in [0.3, 0.4) is 0 Å². The molecule has 0 aromatic heterocycles. The van der Waals surface area contributed by atoms with Crippen LogP contribution in [0.4, 0.5) is 0 Å². The third-order valence-corrected chi connectivity index (χ3v) is 3.45. The molecular weight excluding hydrogens is 207 g/mol. The van der Waals surface area contributed by atoms with Gasteiger partial charge in [0.25, 0.3) is 0 Å². The Morgan fingerprint density at radius 3 is 2.54 bits per heavy atom. The van der Waals surface area contributed by atoms with Crippen molar-refractivity contribution in [1.29, 1.82) is 0 Å². The number of hydrogen-bond donors (Lipinski definition) is 1. The van der Waals surface area contributed by atoms with Crippen LogP contribution in [-0.4, -0.2) is 9.44 Å². The zero-order valence-corrected chi connectivity index (χ0v) is 9.36. The molecule has 0 heterocycles. The van der Waals surface area contributed by atoms with Crippen molar-refractivity contribution in [3.8, 4) is 0 Å². The van der Waals surface area contributed by atoms with Gasteiger partial charge in [0.15, 0.2) is 0 Å². The van der Waals surface area contributed by atoms with Gasteiger partial charge >= 0.3 is 0 Å². The van der Waals surface area contributed by atoms with E-state index in [1.807, 2.05) is 13.8 Å². The van der Waals surface area contributed by atoms with Crippen LogP contribution in [0.5, 0.6) is 0 Å². The predicted molar refractivity (Wildman–Crippen MR) is 57.3 cm³/mol. The van der Waals surface area contributed by atoms with Crippen LogP contribution in [0.25, 0.3) is 0 Å². The molecule has 0 aliphatic heterocycles. The van der Waals surface area contributed by atoms with Crippen LogP contribution in [0.1, 0.15) is 26.7 Å². The highest BCUT2D eigenvalue weighted by atomic mass is 35.5. The molecule has 0 aromatic carbocycles. The van der Waals surface area contributed by atoms with Gasteiger partial charge in [-0.25, -0.2) is 0 Å². The number of halogens is 2. The van der Waals surface area contributed by atoms with Gasteiger partial charge in [-0.1, -0.05) is 37.0 Å². The lowest BCUT2D eigenvalue weighted by molar-refractivity contribution is 0.407. The van der Waals surface area contributed by atoms with Gasteiger partial charge in [0.05, 0.1) is 0 Å². The summed E-state index contributed by atoms with van der Waals surface area (Å²) >= 11 is 12.4. The minimum absolute atomic E-state index is 0.00998. The van der Waals surface area contributed by atoms with Crippen LogP contribution < -0.4 is 0 Å². The van der Waals surface area contributed by atoms with E-state index >= 15 is 0 Å². The Kier molecular flexibility index (Phi) is 3.31. The number of aliphatic hydroxyl groups is 1. The molecule has 74 valence electrons. The molecule has 0 saturated heterocycles. The van der Waals surface area contributed by atoms with Crippen molar-refractivity contribution in [3.63, 3.8) is 0 Å². The molecule has 1 rings (SSSR count). The molecule has 1 nitrogen and oxygen atoms in total. The van der Waals surface area contributed by atoms with E-state index in [0.29, 0.717) is 0 Å². The summed E-state index contributed by atoms with van der Waals surface area (Å²) in [6.45, 7) is 3.99. The van der Waals surface area contributed by atoms with Crippen LogP contribution in [0.2, 0.25) is 0 Å². The van der Waals surface area contributed by atoms with Crippen LogP contribution in [0.15, 0.2) is 23.5 Å². The highest BCUT2D eigenvalue weighted by Gasteiger charge is 2.38. The number of rotatable bonds is 2. The van der Waals surface area contributed by atoms with Crippen molar-refractivity contribution >= 4 is 23.2 Å². The molecule has 0 spiro atoms. The van der Waals surface area contributed by atoms with E-state index in [-0.39, 0.29) is 11.7 Å². The Labute approximate surface area is 89.0 Å². The Bertz CT molecular complexity index is 254. The van der Waals surface area contributed by atoms with Crippen molar-refractivity contribution in [2.75, 3.05) is 0 Å². The van der Waals surface area contributed by atoms with Crippen LogP contribution in [-0.2, 0) is 0 Å². The first-order valence-corrected chi connectivity index (χ1v) is 5.27. The first-order chi connectivity index (χ1) is 6.02. The zero-order valence-electron chi connectivity index (χ0n) is 7.85. The van der Waals surface area contributed by atoms with Crippen molar-refractivity contribution in [1.82, 2.24) is 0 Å². The van der Waals surface area contributed by atoms with Gasteiger partial charge in [-0.3, -0.25) is 0 Å². The smallest absolute Gasteiger partial charge is 0.145 e. The molecular formula is C10H14Cl2O. The Morgan fingerprint density at radius 1 is 1.46 bits per heavy atom. The van der Waals surface area contributed by atoms with Crippen molar-refractivity contribution in [3.05, 3.63) is 23.5 Å². The molecule has 1 unspecified atom stereocenters. The van der Waals surface area contributed by atoms with Gasteiger partial charge in [-0.2, -0.15) is 0 Å². The van der Waals surface area contributed by atoms with Gasteiger partial charge in [-0.15, -0.1) is 0 Å². The normalized spacial score (nSPS) is 26.6.